The van der Waals surface area contributed by atoms with Gasteiger partial charge in [0.1, 0.15) is 0 Å². The van der Waals surface area contributed by atoms with Gasteiger partial charge in [-0.15, -0.1) is 0 Å². The van der Waals surface area contributed by atoms with Gasteiger partial charge < -0.3 is 9.80 Å². The Hall–Kier alpha value is -0.900. The molecule has 0 spiro atoms. The van der Waals surface area contributed by atoms with Crippen LogP contribution in [0.1, 0.15) is 29.6 Å². The minimum absolute atomic E-state index is 0.174. The molecular formula is C17H25ClN2O. The molecule has 1 aliphatic rings. The van der Waals surface area contributed by atoms with Gasteiger partial charge in [0.25, 0.3) is 0 Å². The first kappa shape index (κ1) is 16.5. The number of likely N-dealkylation sites (tertiary alicyclic amines) is 1. The third kappa shape index (κ3) is 5.42. The van der Waals surface area contributed by atoms with Crippen LogP contribution in [0.3, 0.4) is 0 Å². The van der Waals surface area contributed by atoms with E-state index in [2.05, 4.69) is 23.9 Å². The molecule has 0 saturated carbocycles. The molecule has 0 radical (unpaired) electrons. The van der Waals surface area contributed by atoms with E-state index in [4.69, 9.17) is 11.6 Å². The molecule has 1 saturated heterocycles. The molecule has 1 aromatic rings. The average molecular weight is 309 g/mol. The fraction of sp³-hybridized carbons (Fsp3) is 0.588. The van der Waals surface area contributed by atoms with Crippen LogP contribution >= 0.6 is 11.6 Å². The van der Waals surface area contributed by atoms with Gasteiger partial charge in [0, 0.05) is 30.1 Å². The van der Waals surface area contributed by atoms with Gasteiger partial charge in [-0.3, -0.25) is 4.79 Å². The van der Waals surface area contributed by atoms with E-state index in [-0.39, 0.29) is 5.78 Å². The maximum atomic E-state index is 12.1. The van der Waals surface area contributed by atoms with Gasteiger partial charge in [-0.1, -0.05) is 23.7 Å². The number of halogens is 1. The van der Waals surface area contributed by atoms with Crippen molar-refractivity contribution in [3.63, 3.8) is 0 Å². The van der Waals surface area contributed by atoms with E-state index in [1.54, 1.807) is 12.1 Å². The Bertz CT molecular complexity index is 470. The highest BCUT2D eigenvalue weighted by Crippen LogP contribution is 2.17. The third-order valence-corrected chi connectivity index (χ3v) is 4.51. The maximum Gasteiger partial charge on any atom is 0.164 e. The van der Waals surface area contributed by atoms with Gasteiger partial charge in [0.15, 0.2) is 5.78 Å². The normalized spacial score (nSPS) is 17.3. The molecule has 21 heavy (non-hydrogen) atoms. The Kier molecular flexibility index (Phi) is 6.22. The number of hydrogen-bond acceptors (Lipinski definition) is 3. The lowest BCUT2D eigenvalue weighted by atomic mass is 9.96. The summed E-state index contributed by atoms with van der Waals surface area (Å²) >= 11 is 5.93. The van der Waals surface area contributed by atoms with Gasteiger partial charge in [-0.05, 0) is 58.1 Å². The van der Waals surface area contributed by atoms with Crippen LogP contribution in [-0.4, -0.2) is 55.9 Å². The molecule has 3 nitrogen and oxygen atoms in total. The summed E-state index contributed by atoms with van der Waals surface area (Å²) in [5, 5.41) is 0.625. The largest absolute Gasteiger partial charge is 0.306 e. The zero-order chi connectivity index (χ0) is 15.2. The molecule has 2 rings (SSSR count). The van der Waals surface area contributed by atoms with Crippen molar-refractivity contribution in [3.8, 4) is 0 Å². The first-order chi connectivity index (χ1) is 10.0. The molecule has 1 aliphatic heterocycles. The number of benzene rings is 1. The monoisotopic (exact) mass is 308 g/mol. The van der Waals surface area contributed by atoms with Crippen LogP contribution in [0.2, 0.25) is 5.02 Å². The van der Waals surface area contributed by atoms with E-state index in [0.717, 1.165) is 24.6 Å². The van der Waals surface area contributed by atoms with Crippen molar-refractivity contribution in [1.82, 2.24) is 9.80 Å². The van der Waals surface area contributed by atoms with Crippen LogP contribution in [0.4, 0.5) is 0 Å². The molecule has 1 aromatic carbocycles. The van der Waals surface area contributed by atoms with Crippen LogP contribution in [0.5, 0.6) is 0 Å². The highest BCUT2D eigenvalue weighted by atomic mass is 35.5. The van der Waals surface area contributed by atoms with Gasteiger partial charge in [0.2, 0.25) is 0 Å². The average Bonchev–Trinajstić information content (AvgIpc) is 2.47. The second kappa shape index (κ2) is 7.92. The van der Waals surface area contributed by atoms with E-state index in [1.165, 1.54) is 25.9 Å². The van der Waals surface area contributed by atoms with Crippen molar-refractivity contribution >= 4 is 17.4 Å². The Morgan fingerprint density at radius 3 is 2.76 bits per heavy atom. The smallest absolute Gasteiger partial charge is 0.164 e. The van der Waals surface area contributed by atoms with Crippen molar-refractivity contribution in [2.45, 2.75) is 19.3 Å². The quantitative estimate of drug-likeness (QED) is 0.754. The van der Waals surface area contributed by atoms with Crippen LogP contribution in [0.25, 0.3) is 0 Å². The fourth-order valence-corrected chi connectivity index (χ4v) is 3.07. The molecule has 1 fully saturated rings. The van der Waals surface area contributed by atoms with Gasteiger partial charge >= 0.3 is 0 Å². The molecule has 0 atom stereocenters. The summed E-state index contributed by atoms with van der Waals surface area (Å²) < 4.78 is 0. The molecule has 0 N–H and O–H groups in total. The first-order valence-corrected chi connectivity index (χ1v) is 8.08. The van der Waals surface area contributed by atoms with E-state index in [1.807, 2.05) is 12.1 Å². The number of nitrogens with zero attached hydrogens (tertiary/aromatic N) is 2. The Balaban J connectivity index is 1.73. The first-order valence-electron chi connectivity index (χ1n) is 7.70. The third-order valence-electron chi connectivity index (χ3n) is 4.28. The summed E-state index contributed by atoms with van der Waals surface area (Å²) in [6, 6.07) is 7.22. The van der Waals surface area contributed by atoms with E-state index >= 15 is 0 Å². The lowest BCUT2D eigenvalue weighted by Gasteiger charge is -2.31. The summed E-state index contributed by atoms with van der Waals surface area (Å²) in [6.45, 7) is 4.30. The van der Waals surface area contributed by atoms with Crippen molar-refractivity contribution in [2.75, 3.05) is 40.3 Å². The van der Waals surface area contributed by atoms with Gasteiger partial charge in [0.05, 0.1) is 0 Å². The molecule has 1 heterocycles. The molecule has 4 heteroatoms. The SMILES string of the molecule is CN1CCC(CN(C)CCC(=O)c2cccc(Cl)c2)CC1. The minimum atomic E-state index is 0.174. The summed E-state index contributed by atoms with van der Waals surface area (Å²) in [5.41, 5.74) is 0.718. The molecular weight excluding hydrogens is 284 g/mol. The highest BCUT2D eigenvalue weighted by molar-refractivity contribution is 6.31. The second-order valence-electron chi connectivity index (χ2n) is 6.19. The Morgan fingerprint density at radius 1 is 1.38 bits per heavy atom. The lowest BCUT2D eigenvalue weighted by Crippen LogP contribution is -2.36. The van der Waals surface area contributed by atoms with E-state index < -0.39 is 0 Å². The molecule has 0 bridgehead atoms. The van der Waals surface area contributed by atoms with Crippen molar-refractivity contribution in [3.05, 3.63) is 34.9 Å². The number of Topliss-reactive ketones (excluding diaryl/α,β-unsaturated/α-hetero) is 1. The van der Waals surface area contributed by atoms with Crippen molar-refractivity contribution in [2.24, 2.45) is 5.92 Å². The Morgan fingerprint density at radius 2 is 2.10 bits per heavy atom. The zero-order valence-corrected chi connectivity index (χ0v) is 13.8. The number of piperidine rings is 1. The standard InChI is InChI=1S/C17H25ClN2O/c1-19-9-6-14(7-10-19)13-20(2)11-8-17(21)15-4-3-5-16(18)12-15/h3-5,12,14H,6-11,13H2,1-2H3. The molecule has 0 aliphatic carbocycles. The summed E-state index contributed by atoms with van der Waals surface area (Å²) in [5.74, 6) is 0.945. The minimum Gasteiger partial charge on any atom is -0.306 e. The van der Waals surface area contributed by atoms with Crippen LogP contribution in [0.15, 0.2) is 24.3 Å². The fourth-order valence-electron chi connectivity index (χ4n) is 2.88. The predicted octanol–water partition coefficient (Wildman–Crippen LogP) is 3.19. The molecule has 0 amide bonds. The van der Waals surface area contributed by atoms with Crippen molar-refractivity contribution in [1.29, 1.82) is 0 Å². The van der Waals surface area contributed by atoms with Crippen LogP contribution in [0, 0.1) is 5.92 Å². The molecule has 0 aromatic heterocycles. The van der Waals surface area contributed by atoms with Crippen molar-refractivity contribution < 1.29 is 4.79 Å². The van der Waals surface area contributed by atoms with Gasteiger partial charge in [-0.2, -0.15) is 0 Å². The maximum absolute atomic E-state index is 12.1. The summed E-state index contributed by atoms with van der Waals surface area (Å²) in [6.07, 6.45) is 3.09. The van der Waals surface area contributed by atoms with Crippen LogP contribution in [-0.2, 0) is 0 Å². The van der Waals surface area contributed by atoms with E-state index in [9.17, 15) is 4.79 Å². The second-order valence-corrected chi connectivity index (χ2v) is 6.63. The number of ketones is 1. The lowest BCUT2D eigenvalue weighted by molar-refractivity contribution is 0.0961. The number of hydrogen-bond donors (Lipinski definition) is 0. The molecule has 0 unspecified atom stereocenters. The number of carbonyl (C=O) groups is 1. The zero-order valence-electron chi connectivity index (χ0n) is 13.0. The van der Waals surface area contributed by atoms with E-state index in [0.29, 0.717) is 11.4 Å². The Labute approximate surface area is 132 Å². The van der Waals surface area contributed by atoms with Crippen LogP contribution < -0.4 is 0 Å². The molecule has 116 valence electrons. The summed E-state index contributed by atoms with van der Waals surface area (Å²) in [4.78, 5) is 16.8. The number of carbonyl (C=O) groups excluding carboxylic acids is 1. The summed E-state index contributed by atoms with van der Waals surface area (Å²) in [7, 11) is 4.30. The highest BCUT2D eigenvalue weighted by Gasteiger charge is 2.18. The van der Waals surface area contributed by atoms with Gasteiger partial charge in [-0.25, -0.2) is 0 Å². The number of rotatable bonds is 6. The predicted molar refractivity (Wildman–Crippen MR) is 88.1 cm³/mol. The topological polar surface area (TPSA) is 23.6 Å².